The van der Waals surface area contributed by atoms with Crippen molar-refractivity contribution < 1.29 is 4.92 Å². The second kappa shape index (κ2) is 7.32. The molecule has 1 aliphatic heterocycles. The molecule has 0 amide bonds. The van der Waals surface area contributed by atoms with E-state index in [9.17, 15) is 10.1 Å². The number of hydrogen-bond acceptors (Lipinski definition) is 6. The lowest BCUT2D eigenvalue weighted by molar-refractivity contribution is -0.383. The second-order valence-electron chi connectivity index (χ2n) is 6.17. The van der Waals surface area contributed by atoms with Crippen molar-refractivity contribution in [2.45, 2.75) is 12.8 Å². The van der Waals surface area contributed by atoms with Crippen LogP contribution in [-0.2, 0) is 6.42 Å². The third-order valence-corrected chi connectivity index (χ3v) is 4.93. The highest BCUT2D eigenvalue weighted by Crippen LogP contribution is 2.40. The summed E-state index contributed by atoms with van der Waals surface area (Å²) in [6.45, 7) is 0.672. The highest BCUT2D eigenvalue weighted by Gasteiger charge is 2.30. The van der Waals surface area contributed by atoms with Crippen LogP contribution in [0, 0.1) is 10.1 Å². The number of nitrogens with zero attached hydrogens (tertiary/aromatic N) is 4. The molecule has 3 aromatic rings. The van der Waals surface area contributed by atoms with Gasteiger partial charge in [0, 0.05) is 22.4 Å². The van der Waals surface area contributed by atoms with Crippen LogP contribution in [0.1, 0.15) is 12.0 Å². The highest BCUT2D eigenvalue weighted by atomic mass is 79.9. The molecule has 27 heavy (non-hydrogen) atoms. The number of aryl methyl sites for hydroxylation is 1. The van der Waals surface area contributed by atoms with Crippen LogP contribution in [0.3, 0.4) is 0 Å². The second-order valence-corrected chi connectivity index (χ2v) is 7.09. The van der Waals surface area contributed by atoms with Crippen molar-refractivity contribution in [3.8, 4) is 0 Å². The van der Waals surface area contributed by atoms with Gasteiger partial charge >= 0.3 is 5.69 Å². The number of hydrogen-bond donors (Lipinski definition) is 1. The van der Waals surface area contributed by atoms with Crippen molar-refractivity contribution in [3.05, 3.63) is 75.0 Å². The van der Waals surface area contributed by atoms with Gasteiger partial charge in [0.2, 0.25) is 11.6 Å². The molecular formula is C19H16BrN5O2. The molecule has 0 atom stereocenters. The molecule has 0 bridgehead atoms. The van der Waals surface area contributed by atoms with E-state index in [0.717, 1.165) is 28.6 Å². The van der Waals surface area contributed by atoms with Gasteiger partial charge in [-0.15, -0.1) is 0 Å². The summed E-state index contributed by atoms with van der Waals surface area (Å²) < 4.78 is 0.870. The monoisotopic (exact) mass is 425 g/mol. The summed E-state index contributed by atoms with van der Waals surface area (Å²) >= 11 is 3.40. The lowest BCUT2D eigenvalue weighted by atomic mass is 10.0. The Morgan fingerprint density at radius 2 is 2.00 bits per heavy atom. The van der Waals surface area contributed by atoms with Crippen molar-refractivity contribution in [1.29, 1.82) is 0 Å². The van der Waals surface area contributed by atoms with E-state index in [-0.39, 0.29) is 11.5 Å². The minimum absolute atomic E-state index is 0.130. The molecule has 0 fully saturated rings. The van der Waals surface area contributed by atoms with Crippen LogP contribution in [0.4, 0.5) is 28.7 Å². The molecule has 0 unspecified atom stereocenters. The lowest BCUT2D eigenvalue weighted by Gasteiger charge is -2.30. The molecule has 0 radical (unpaired) electrons. The number of anilines is 4. The summed E-state index contributed by atoms with van der Waals surface area (Å²) in [5.41, 5.74) is 2.70. The van der Waals surface area contributed by atoms with E-state index in [1.165, 1.54) is 6.33 Å². The van der Waals surface area contributed by atoms with Crippen LogP contribution in [0.25, 0.3) is 0 Å². The molecule has 4 rings (SSSR count). The van der Waals surface area contributed by atoms with Gasteiger partial charge in [0.1, 0.15) is 6.33 Å². The topological polar surface area (TPSA) is 84.2 Å². The van der Waals surface area contributed by atoms with Gasteiger partial charge in [0.05, 0.1) is 4.92 Å². The van der Waals surface area contributed by atoms with Crippen LogP contribution in [0.5, 0.6) is 0 Å². The number of rotatable bonds is 4. The van der Waals surface area contributed by atoms with Gasteiger partial charge in [0.15, 0.2) is 0 Å². The number of nitro groups is 1. The molecular weight excluding hydrogens is 410 g/mol. The molecule has 1 aliphatic rings. The van der Waals surface area contributed by atoms with Crippen LogP contribution in [0.2, 0.25) is 0 Å². The van der Waals surface area contributed by atoms with Crippen molar-refractivity contribution in [3.63, 3.8) is 0 Å². The van der Waals surface area contributed by atoms with Gasteiger partial charge in [0.25, 0.3) is 0 Å². The standard InChI is InChI=1S/C19H16BrN5O2/c20-14-7-3-8-15(11-14)23-18-17(25(26)27)19(22-12-21-18)24-10-4-6-13-5-1-2-9-16(13)24/h1-3,5,7-9,11-12H,4,6,10H2,(H,21,22,23). The van der Waals surface area contributed by atoms with E-state index in [1.807, 2.05) is 47.4 Å². The van der Waals surface area contributed by atoms with Crippen molar-refractivity contribution >= 4 is 44.6 Å². The van der Waals surface area contributed by atoms with Gasteiger partial charge in [-0.2, -0.15) is 0 Å². The zero-order chi connectivity index (χ0) is 18.8. The van der Waals surface area contributed by atoms with Crippen molar-refractivity contribution in [2.24, 2.45) is 0 Å². The Labute approximate surface area is 164 Å². The minimum atomic E-state index is -0.424. The van der Waals surface area contributed by atoms with Gasteiger partial charge in [-0.05, 0) is 42.7 Å². The Kier molecular flexibility index (Phi) is 4.72. The Bertz CT molecular complexity index is 1010. The van der Waals surface area contributed by atoms with Crippen molar-refractivity contribution in [1.82, 2.24) is 9.97 Å². The molecule has 0 aliphatic carbocycles. The zero-order valence-corrected chi connectivity index (χ0v) is 15.9. The average molecular weight is 426 g/mol. The lowest BCUT2D eigenvalue weighted by Crippen LogP contribution is -2.26. The summed E-state index contributed by atoms with van der Waals surface area (Å²) in [6, 6.07) is 15.3. The maximum atomic E-state index is 11.9. The first-order valence-corrected chi connectivity index (χ1v) is 9.30. The Morgan fingerprint density at radius 3 is 2.81 bits per heavy atom. The fourth-order valence-corrected chi connectivity index (χ4v) is 3.68. The molecule has 2 aromatic carbocycles. The highest BCUT2D eigenvalue weighted by molar-refractivity contribution is 9.10. The van der Waals surface area contributed by atoms with E-state index in [0.29, 0.717) is 18.1 Å². The van der Waals surface area contributed by atoms with Gasteiger partial charge in [-0.1, -0.05) is 40.2 Å². The number of benzene rings is 2. The molecule has 0 spiro atoms. The van der Waals surface area contributed by atoms with E-state index in [4.69, 9.17) is 0 Å². The smallest absolute Gasteiger partial charge is 0.334 e. The van der Waals surface area contributed by atoms with Crippen LogP contribution < -0.4 is 10.2 Å². The first-order valence-electron chi connectivity index (χ1n) is 8.51. The quantitative estimate of drug-likeness (QED) is 0.468. The fraction of sp³-hybridized carbons (Fsp3) is 0.158. The zero-order valence-electron chi connectivity index (χ0n) is 14.3. The number of nitrogens with one attached hydrogen (secondary N) is 1. The molecule has 0 saturated heterocycles. The maximum absolute atomic E-state index is 11.9. The summed E-state index contributed by atoms with van der Waals surface area (Å²) in [4.78, 5) is 21.8. The Balaban J connectivity index is 1.80. The van der Waals surface area contributed by atoms with Crippen LogP contribution >= 0.6 is 15.9 Å². The minimum Gasteiger partial charge on any atom is -0.334 e. The molecule has 1 N–H and O–H groups in total. The third kappa shape index (κ3) is 3.48. The Morgan fingerprint density at radius 1 is 1.15 bits per heavy atom. The largest absolute Gasteiger partial charge is 0.354 e. The van der Waals surface area contributed by atoms with E-state index < -0.39 is 4.92 Å². The number of aromatic nitrogens is 2. The average Bonchev–Trinajstić information content (AvgIpc) is 2.67. The predicted octanol–water partition coefficient (Wildman–Crippen LogP) is 4.98. The van der Waals surface area contributed by atoms with E-state index in [2.05, 4.69) is 37.3 Å². The normalized spacial score (nSPS) is 13.1. The van der Waals surface area contributed by atoms with E-state index in [1.54, 1.807) is 0 Å². The maximum Gasteiger partial charge on any atom is 0.354 e. The summed E-state index contributed by atoms with van der Waals surface area (Å²) in [5, 5.41) is 15.0. The van der Waals surface area contributed by atoms with Gasteiger partial charge in [-0.3, -0.25) is 10.1 Å². The first-order chi connectivity index (χ1) is 13.1. The third-order valence-electron chi connectivity index (χ3n) is 4.44. The molecule has 0 saturated carbocycles. The van der Waals surface area contributed by atoms with E-state index >= 15 is 0 Å². The SMILES string of the molecule is O=[N+]([O-])c1c(Nc2cccc(Br)c2)ncnc1N1CCCc2ccccc21. The number of para-hydroxylation sites is 1. The molecule has 7 nitrogen and oxygen atoms in total. The molecule has 2 heterocycles. The predicted molar refractivity (Wildman–Crippen MR) is 108 cm³/mol. The van der Waals surface area contributed by atoms with Crippen LogP contribution in [-0.4, -0.2) is 21.4 Å². The molecule has 136 valence electrons. The fourth-order valence-electron chi connectivity index (χ4n) is 3.28. The Hall–Kier alpha value is -3.00. The first kappa shape index (κ1) is 17.4. The number of halogens is 1. The molecule has 1 aromatic heterocycles. The summed E-state index contributed by atoms with van der Waals surface area (Å²) in [6.07, 6.45) is 3.22. The van der Waals surface area contributed by atoms with Gasteiger partial charge < -0.3 is 10.2 Å². The number of fused-ring (bicyclic) bond motifs is 1. The van der Waals surface area contributed by atoms with Crippen LogP contribution in [0.15, 0.2) is 59.3 Å². The summed E-state index contributed by atoms with van der Waals surface area (Å²) in [7, 11) is 0. The molecule has 8 heteroatoms. The van der Waals surface area contributed by atoms with Gasteiger partial charge in [-0.25, -0.2) is 9.97 Å². The van der Waals surface area contributed by atoms with Crippen molar-refractivity contribution in [2.75, 3.05) is 16.8 Å². The summed E-state index contributed by atoms with van der Waals surface area (Å²) in [5.74, 6) is 0.478.